The molecule has 0 spiro atoms. The molecule has 1 aromatic heterocycles. The molecule has 1 saturated heterocycles. The monoisotopic (exact) mass is 383 g/mol. The van der Waals surface area contributed by atoms with Crippen molar-refractivity contribution in [3.63, 3.8) is 0 Å². The Morgan fingerprint density at radius 3 is 2.93 bits per heavy atom. The van der Waals surface area contributed by atoms with Crippen LogP contribution in [-0.2, 0) is 28.7 Å². The number of alkyl halides is 3. The molecule has 1 fully saturated rings. The fraction of sp³-hybridized carbons (Fsp3) is 0.500. The highest BCUT2D eigenvalue weighted by atomic mass is 19.4. The molecule has 0 bridgehead atoms. The van der Waals surface area contributed by atoms with Crippen LogP contribution in [0.3, 0.4) is 0 Å². The molecule has 2 aromatic rings. The number of aromatic nitrogens is 2. The normalized spacial score (nSPS) is 18.4. The van der Waals surface area contributed by atoms with Crippen molar-refractivity contribution in [2.75, 3.05) is 13.7 Å². The van der Waals surface area contributed by atoms with Crippen LogP contribution in [0.4, 0.5) is 13.2 Å². The van der Waals surface area contributed by atoms with E-state index in [0.717, 1.165) is 25.0 Å². The van der Waals surface area contributed by atoms with Crippen LogP contribution < -0.4 is 0 Å². The third kappa shape index (κ3) is 4.85. The highest BCUT2D eigenvalue weighted by Gasteiger charge is 2.31. The van der Waals surface area contributed by atoms with Crippen molar-refractivity contribution >= 4 is 5.97 Å². The molecular formula is C18H20F3N3O3. The van der Waals surface area contributed by atoms with Crippen LogP contribution in [0, 0.1) is 0 Å². The molecule has 0 aliphatic carbocycles. The van der Waals surface area contributed by atoms with E-state index in [1.54, 1.807) is 6.07 Å². The summed E-state index contributed by atoms with van der Waals surface area (Å²) in [5.74, 6) is 0.335. The lowest BCUT2D eigenvalue weighted by molar-refractivity contribution is -0.148. The number of benzene rings is 1. The largest absolute Gasteiger partial charge is 0.468 e. The number of hydrogen-bond donors (Lipinski definition) is 0. The van der Waals surface area contributed by atoms with Gasteiger partial charge in [-0.1, -0.05) is 29.8 Å². The topological polar surface area (TPSA) is 68.5 Å². The minimum absolute atomic E-state index is 0.133. The Morgan fingerprint density at radius 1 is 1.37 bits per heavy atom. The zero-order valence-corrected chi connectivity index (χ0v) is 14.8. The summed E-state index contributed by atoms with van der Waals surface area (Å²) in [7, 11) is 1.36. The van der Waals surface area contributed by atoms with Crippen molar-refractivity contribution in [3.05, 3.63) is 47.1 Å². The van der Waals surface area contributed by atoms with Crippen LogP contribution in [0.25, 0.3) is 0 Å². The third-order valence-electron chi connectivity index (χ3n) is 4.55. The predicted molar refractivity (Wildman–Crippen MR) is 88.6 cm³/mol. The number of piperidine rings is 1. The molecule has 0 unspecified atom stereocenters. The van der Waals surface area contributed by atoms with Crippen molar-refractivity contribution in [3.8, 4) is 0 Å². The van der Waals surface area contributed by atoms with Gasteiger partial charge in [0.1, 0.15) is 6.04 Å². The Morgan fingerprint density at radius 2 is 2.19 bits per heavy atom. The van der Waals surface area contributed by atoms with Gasteiger partial charge < -0.3 is 9.26 Å². The summed E-state index contributed by atoms with van der Waals surface area (Å²) < 4.78 is 48.5. The van der Waals surface area contributed by atoms with Crippen LogP contribution in [0.15, 0.2) is 28.8 Å². The number of methoxy groups -OCH3 is 1. The van der Waals surface area contributed by atoms with Gasteiger partial charge in [0.15, 0.2) is 5.82 Å². The fourth-order valence-corrected chi connectivity index (χ4v) is 3.22. The molecular weight excluding hydrogens is 363 g/mol. The van der Waals surface area contributed by atoms with E-state index in [1.807, 2.05) is 4.90 Å². The lowest BCUT2D eigenvalue weighted by Gasteiger charge is -2.32. The average Bonchev–Trinajstić information content (AvgIpc) is 3.08. The first-order chi connectivity index (χ1) is 12.9. The Labute approximate surface area is 154 Å². The number of carbonyl (C=O) groups excluding carboxylic acids is 1. The van der Waals surface area contributed by atoms with Crippen LogP contribution in [0.1, 0.15) is 42.1 Å². The van der Waals surface area contributed by atoms with E-state index < -0.39 is 11.7 Å². The molecule has 1 aromatic carbocycles. The predicted octanol–water partition coefficient (Wildman–Crippen LogP) is 3.21. The van der Waals surface area contributed by atoms with Crippen molar-refractivity contribution in [2.24, 2.45) is 0 Å². The van der Waals surface area contributed by atoms with Gasteiger partial charge in [0.2, 0.25) is 5.89 Å². The maximum atomic E-state index is 12.8. The minimum Gasteiger partial charge on any atom is -0.468 e. The summed E-state index contributed by atoms with van der Waals surface area (Å²) in [6.45, 7) is 1.01. The second kappa shape index (κ2) is 8.08. The number of esters is 1. The molecule has 9 heteroatoms. The van der Waals surface area contributed by atoms with Gasteiger partial charge in [-0.05, 0) is 31.0 Å². The maximum absolute atomic E-state index is 12.8. The highest BCUT2D eigenvalue weighted by Crippen LogP contribution is 2.30. The van der Waals surface area contributed by atoms with Gasteiger partial charge in [-0.25, -0.2) is 0 Å². The van der Waals surface area contributed by atoms with E-state index in [0.29, 0.717) is 36.8 Å². The second-order valence-electron chi connectivity index (χ2n) is 6.48. The lowest BCUT2D eigenvalue weighted by Crippen LogP contribution is -2.44. The van der Waals surface area contributed by atoms with Gasteiger partial charge >= 0.3 is 12.1 Å². The molecule has 2 heterocycles. The van der Waals surface area contributed by atoms with Gasteiger partial charge in [-0.15, -0.1) is 0 Å². The third-order valence-corrected chi connectivity index (χ3v) is 4.55. The molecule has 3 rings (SSSR count). The molecule has 0 saturated carbocycles. The summed E-state index contributed by atoms with van der Waals surface area (Å²) in [5.41, 5.74) is -0.263. The first-order valence-electron chi connectivity index (χ1n) is 8.66. The molecule has 27 heavy (non-hydrogen) atoms. The summed E-state index contributed by atoms with van der Waals surface area (Å²) in [6, 6.07) is 4.70. The minimum atomic E-state index is -4.39. The zero-order chi connectivity index (χ0) is 19.4. The fourth-order valence-electron chi connectivity index (χ4n) is 3.22. The van der Waals surface area contributed by atoms with E-state index >= 15 is 0 Å². The van der Waals surface area contributed by atoms with Gasteiger partial charge in [0.05, 0.1) is 19.2 Å². The highest BCUT2D eigenvalue weighted by molar-refractivity contribution is 5.75. The van der Waals surface area contributed by atoms with Gasteiger partial charge in [0.25, 0.3) is 0 Å². The summed E-state index contributed by atoms with van der Waals surface area (Å²) >= 11 is 0. The van der Waals surface area contributed by atoms with Gasteiger partial charge in [0, 0.05) is 6.42 Å². The Kier molecular flexibility index (Phi) is 5.79. The number of hydrogen-bond acceptors (Lipinski definition) is 6. The number of likely N-dealkylation sites (tertiary alicyclic amines) is 1. The number of halogens is 3. The number of nitrogens with zero attached hydrogens (tertiary/aromatic N) is 3. The average molecular weight is 383 g/mol. The standard InChI is InChI=1S/C18H20F3N3O3/c1-26-17(25)14-7-2-3-8-24(14)11-16-22-15(23-27-16)10-12-5-4-6-13(9-12)18(19,20)21/h4-6,9,14H,2-3,7-8,10-11H2,1H3/t14-/m1/s1. The first-order valence-corrected chi connectivity index (χ1v) is 8.66. The molecule has 146 valence electrons. The van der Waals surface area contributed by atoms with E-state index in [1.165, 1.54) is 13.2 Å². The van der Waals surface area contributed by atoms with Crippen LogP contribution in [0.5, 0.6) is 0 Å². The van der Waals surface area contributed by atoms with Crippen molar-refractivity contribution in [2.45, 2.75) is 44.4 Å². The number of rotatable bonds is 5. The molecule has 1 aliphatic rings. The van der Waals surface area contributed by atoms with E-state index in [2.05, 4.69) is 10.1 Å². The van der Waals surface area contributed by atoms with E-state index in [9.17, 15) is 18.0 Å². The van der Waals surface area contributed by atoms with Crippen molar-refractivity contribution < 1.29 is 27.2 Å². The van der Waals surface area contributed by atoms with Crippen molar-refractivity contribution in [1.29, 1.82) is 0 Å². The SMILES string of the molecule is COC(=O)[C@H]1CCCCN1Cc1nc(Cc2cccc(C(F)(F)F)c2)no1. The van der Waals surface area contributed by atoms with E-state index in [4.69, 9.17) is 9.26 Å². The first kappa shape index (κ1) is 19.3. The van der Waals surface area contributed by atoms with Crippen LogP contribution >= 0.6 is 0 Å². The molecule has 6 nitrogen and oxygen atoms in total. The zero-order valence-electron chi connectivity index (χ0n) is 14.8. The Hall–Kier alpha value is -2.42. The van der Waals surface area contributed by atoms with Crippen LogP contribution in [-0.4, -0.2) is 40.7 Å². The Balaban J connectivity index is 1.67. The molecule has 0 N–H and O–H groups in total. The molecule has 0 radical (unpaired) electrons. The quantitative estimate of drug-likeness (QED) is 0.739. The van der Waals surface area contributed by atoms with Gasteiger partial charge in [-0.2, -0.15) is 18.2 Å². The molecule has 0 amide bonds. The smallest absolute Gasteiger partial charge is 0.416 e. The lowest BCUT2D eigenvalue weighted by atomic mass is 10.0. The molecule has 1 atom stereocenters. The summed E-state index contributed by atoms with van der Waals surface area (Å²) in [4.78, 5) is 18.1. The number of carbonyl (C=O) groups is 1. The van der Waals surface area contributed by atoms with Gasteiger partial charge in [-0.3, -0.25) is 9.69 Å². The van der Waals surface area contributed by atoms with E-state index in [-0.39, 0.29) is 18.4 Å². The maximum Gasteiger partial charge on any atom is 0.416 e. The second-order valence-corrected chi connectivity index (χ2v) is 6.48. The van der Waals surface area contributed by atoms with Crippen LogP contribution in [0.2, 0.25) is 0 Å². The summed E-state index contributed by atoms with van der Waals surface area (Å²) in [5, 5.41) is 3.85. The number of ether oxygens (including phenoxy) is 1. The van der Waals surface area contributed by atoms with Crippen molar-refractivity contribution in [1.82, 2.24) is 15.0 Å². The Bertz CT molecular complexity index is 791. The summed E-state index contributed by atoms with van der Waals surface area (Å²) in [6.07, 6.45) is -1.65. The molecule has 1 aliphatic heterocycles.